The standard InChI is InChI=1S/C42H27NO2/c44-42-36-17-9-10-18-40(36)45-41-27-32(23-24-37(41)42)28-19-21-29(22-20-28)34-15-7-8-16-35(34)33-25-38(30-11-3-1-4-12-30)43-39(26-33)31-13-5-2-6-14-31/h1-27H. The molecule has 45 heavy (non-hydrogen) atoms. The molecular formula is C42H27NO2. The van der Waals surface area contributed by atoms with Gasteiger partial charge in [0.1, 0.15) is 11.2 Å². The Hall–Kier alpha value is -6.06. The summed E-state index contributed by atoms with van der Waals surface area (Å²) in [5.74, 6) is 0. The van der Waals surface area contributed by atoms with Crippen LogP contribution in [0.15, 0.2) is 173 Å². The van der Waals surface area contributed by atoms with Crippen LogP contribution in [-0.2, 0) is 0 Å². The summed E-state index contributed by atoms with van der Waals surface area (Å²) in [4.78, 5) is 18.1. The molecule has 0 atom stereocenters. The monoisotopic (exact) mass is 577 g/mol. The highest BCUT2D eigenvalue weighted by Gasteiger charge is 2.14. The first kappa shape index (κ1) is 26.6. The molecule has 0 spiro atoms. The predicted molar refractivity (Wildman–Crippen MR) is 185 cm³/mol. The average molecular weight is 578 g/mol. The number of benzene rings is 6. The summed E-state index contributed by atoms with van der Waals surface area (Å²) in [6.07, 6.45) is 0. The lowest BCUT2D eigenvalue weighted by atomic mass is 9.92. The second kappa shape index (κ2) is 11.2. The first-order chi connectivity index (χ1) is 22.2. The van der Waals surface area contributed by atoms with Crippen LogP contribution in [0, 0.1) is 0 Å². The van der Waals surface area contributed by atoms with E-state index in [0.717, 1.165) is 55.9 Å². The van der Waals surface area contributed by atoms with Crippen LogP contribution in [0.3, 0.4) is 0 Å². The van der Waals surface area contributed by atoms with Gasteiger partial charge in [0.25, 0.3) is 0 Å². The van der Waals surface area contributed by atoms with E-state index in [1.807, 2.05) is 78.9 Å². The van der Waals surface area contributed by atoms with Gasteiger partial charge in [-0.1, -0.05) is 127 Å². The topological polar surface area (TPSA) is 43.1 Å². The number of fused-ring (bicyclic) bond motifs is 2. The predicted octanol–water partition coefficient (Wildman–Crippen LogP) is 10.7. The first-order valence-corrected chi connectivity index (χ1v) is 15.0. The molecule has 3 nitrogen and oxygen atoms in total. The molecule has 0 fully saturated rings. The molecule has 2 aromatic heterocycles. The average Bonchev–Trinajstić information content (AvgIpc) is 3.12. The minimum Gasteiger partial charge on any atom is -0.456 e. The highest BCUT2D eigenvalue weighted by Crippen LogP contribution is 2.37. The molecule has 0 saturated heterocycles. The van der Waals surface area contributed by atoms with Crippen molar-refractivity contribution < 1.29 is 4.42 Å². The summed E-state index contributed by atoms with van der Waals surface area (Å²) in [7, 11) is 0. The SMILES string of the molecule is O=c1c2ccccc2oc2cc(-c3ccc(-c4ccccc4-c4cc(-c5ccccc5)nc(-c5ccccc5)c4)cc3)ccc12. The normalized spacial score (nSPS) is 11.2. The van der Waals surface area contributed by atoms with Crippen LogP contribution in [0.2, 0.25) is 0 Å². The third-order valence-corrected chi connectivity index (χ3v) is 8.31. The summed E-state index contributed by atoms with van der Waals surface area (Å²) in [6, 6.07) is 55.3. The molecule has 0 radical (unpaired) electrons. The maximum absolute atomic E-state index is 13.0. The van der Waals surface area contributed by atoms with Gasteiger partial charge in [0, 0.05) is 11.1 Å². The Kier molecular flexibility index (Phi) is 6.62. The van der Waals surface area contributed by atoms with Crippen LogP contribution in [0.5, 0.6) is 0 Å². The fourth-order valence-corrected chi connectivity index (χ4v) is 6.01. The molecule has 0 bridgehead atoms. The van der Waals surface area contributed by atoms with Crippen molar-refractivity contribution in [3.05, 3.63) is 174 Å². The van der Waals surface area contributed by atoms with Crippen LogP contribution in [0.25, 0.3) is 77.8 Å². The molecule has 6 aromatic carbocycles. The molecule has 0 amide bonds. The molecule has 3 heteroatoms. The van der Waals surface area contributed by atoms with Crippen LogP contribution >= 0.6 is 0 Å². The van der Waals surface area contributed by atoms with Gasteiger partial charge < -0.3 is 4.42 Å². The third-order valence-electron chi connectivity index (χ3n) is 8.31. The largest absolute Gasteiger partial charge is 0.456 e. The maximum atomic E-state index is 13.0. The number of hydrogen-bond donors (Lipinski definition) is 0. The van der Waals surface area contributed by atoms with E-state index in [4.69, 9.17) is 9.40 Å². The van der Waals surface area contributed by atoms with E-state index in [-0.39, 0.29) is 5.43 Å². The highest BCUT2D eigenvalue weighted by atomic mass is 16.3. The van der Waals surface area contributed by atoms with Crippen molar-refractivity contribution in [1.82, 2.24) is 4.98 Å². The lowest BCUT2D eigenvalue weighted by Crippen LogP contribution is -2.01. The molecule has 8 rings (SSSR count). The van der Waals surface area contributed by atoms with Crippen molar-refractivity contribution in [2.75, 3.05) is 0 Å². The van der Waals surface area contributed by atoms with Crippen molar-refractivity contribution in [3.63, 3.8) is 0 Å². The van der Waals surface area contributed by atoms with Crippen molar-refractivity contribution in [1.29, 1.82) is 0 Å². The fourth-order valence-electron chi connectivity index (χ4n) is 6.01. The van der Waals surface area contributed by atoms with Gasteiger partial charge in [0.15, 0.2) is 0 Å². The van der Waals surface area contributed by atoms with Crippen molar-refractivity contribution in [3.8, 4) is 55.9 Å². The van der Waals surface area contributed by atoms with Gasteiger partial charge in [-0.2, -0.15) is 0 Å². The van der Waals surface area contributed by atoms with E-state index in [1.165, 1.54) is 0 Å². The zero-order valence-electron chi connectivity index (χ0n) is 24.4. The Morgan fingerprint density at radius 3 is 1.56 bits per heavy atom. The van der Waals surface area contributed by atoms with Gasteiger partial charge in [-0.3, -0.25) is 4.79 Å². The van der Waals surface area contributed by atoms with E-state index in [1.54, 1.807) is 0 Å². The summed E-state index contributed by atoms with van der Waals surface area (Å²) in [5, 5.41) is 1.19. The van der Waals surface area contributed by atoms with Gasteiger partial charge in [-0.05, 0) is 69.8 Å². The van der Waals surface area contributed by atoms with E-state index in [0.29, 0.717) is 21.9 Å². The van der Waals surface area contributed by atoms with Gasteiger partial charge in [0.05, 0.1) is 22.2 Å². The summed E-state index contributed by atoms with van der Waals surface area (Å²) >= 11 is 0. The zero-order chi connectivity index (χ0) is 30.2. The molecular weight excluding hydrogens is 550 g/mol. The Morgan fingerprint density at radius 1 is 0.378 bits per heavy atom. The van der Waals surface area contributed by atoms with E-state index in [9.17, 15) is 4.79 Å². The van der Waals surface area contributed by atoms with Gasteiger partial charge >= 0.3 is 0 Å². The molecule has 0 unspecified atom stereocenters. The van der Waals surface area contributed by atoms with Crippen molar-refractivity contribution in [2.45, 2.75) is 0 Å². The van der Waals surface area contributed by atoms with Gasteiger partial charge in [0.2, 0.25) is 5.43 Å². The molecule has 8 aromatic rings. The van der Waals surface area contributed by atoms with Crippen LogP contribution in [0.4, 0.5) is 0 Å². The summed E-state index contributed by atoms with van der Waals surface area (Å²) in [5.41, 5.74) is 11.8. The van der Waals surface area contributed by atoms with Crippen molar-refractivity contribution in [2.24, 2.45) is 0 Å². The Morgan fingerprint density at radius 2 is 0.889 bits per heavy atom. The molecule has 2 heterocycles. The maximum Gasteiger partial charge on any atom is 0.200 e. The number of para-hydroxylation sites is 1. The Balaban J connectivity index is 1.20. The number of hydrogen-bond acceptors (Lipinski definition) is 3. The molecule has 0 aliphatic rings. The van der Waals surface area contributed by atoms with Crippen LogP contribution in [-0.4, -0.2) is 4.98 Å². The zero-order valence-corrected chi connectivity index (χ0v) is 24.4. The van der Waals surface area contributed by atoms with Crippen molar-refractivity contribution >= 4 is 21.9 Å². The third kappa shape index (κ3) is 5.01. The van der Waals surface area contributed by atoms with Crippen LogP contribution < -0.4 is 5.43 Å². The van der Waals surface area contributed by atoms with E-state index in [2.05, 4.69) is 84.9 Å². The number of aromatic nitrogens is 1. The van der Waals surface area contributed by atoms with Crippen LogP contribution in [0.1, 0.15) is 0 Å². The fraction of sp³-hybridized carbons (Fsp3) is 0. The Bertz CT molecular complexity index is 2320. The minimum absolute atomic E-state index is 0.00712. The highest BCUT2D eigenvalue weighted by molar-refractivity contribution is 5.92. The van der Waals surface area contributed by atoms with Gasteiger partial charge in [-0.25, -0.2) is 4.98 Å². The molecule has 212 valence electrons. The minimum atomic E-state index is -0.00712. The smallest absolute Gasteiger partial charge is 0.200 e. The summed E-state index contributed by atoms with van der Waals surface area (Å²) in [6.45, 7) is 0. The lowest BCUT2D eigenvalue weighted by Gasteiger charge is -2.14. The van der Waals surface area contributed by atoms with E-state index >= 15 is 0 Å². The Labute approximate surface area is 260 Å². The molecule has 0 N–H and O–H groups in total. The van der Waals surface area contributed by atoms with E-state index < -0.39 is 0 Å². The quantitative estimate of drug-likeness (QED) is 0.191. The van der Waals surface area contributed by atoms with Gasteiger partial charge in [-0.15, -0.1) is 0 Å². The number of pyridine rings is 1. The number of nitrogens with zero attached hydrogens (tertiary/aromatic N) is 1. The second-order valence-corrected chi connectivity index (χ2v) is 11.1. The summed E-state index contributed by atoms with van der Waals surface area (Å²) < 4.78 is 6.12. The molecule has 0 aliphatic carbocycles. The lowest BCUT2D eigenvalue weighted by molar-refractivity contribution is 0.660. The second-order valence-electron chi connectivity index (χ2n) is 11.1. The first-order valence-electron chi connectivity index (χ1n) is 15.0. The number of rotatable bonds is 5. The molecule has 0 aliphatic heterocycles. The molecule has 0 saturated carbocycles.